The van der Waals surface area contributed by atoms with Gasteiger partial charge < -0.3 is 14.7 Å². The predicted octanol–water partition coefficient (Wildman–Crippen LogP) is 0.829. The Morgan fingerprint density at radius 1 is 0.840 bits per heavy atom. The fraction of sp³-hybridized carbons (Fsp3) is 0.471. The molecular weight excluding hydrogens is 318 g/mol. The smallest absolute Gasteiger partial charge is 0.274 e. The summed E-state index contributed by atoms with van der Waals surface area (Å²) in [6.45, 7) is 4.90. The number of nitrogens with zero attached hydrogens (tertiary/aromatic N) is 7. The van der Waals surface area contributed by atoms with Crippen LogP contribution >= 0.6 is 0 Å². The maximum atomic E-state index is 12.4. The van der Waals surface area contributed by atoms with Crippen LogP contribution in [0.3, 0.4) is 0 Å². The van der Waals surface area contributed by atoms with Crippen molar-refractivity contribution < 1.29 is 4.79 Å². The molecule has 0 radical (unpaired) electrons. The van der Waals surface area contributed by atoms with Gasteiger partial charge in [-0.3, -0.25) is 9.78 Å². The fourth-order valence-electron chi connectivity index (χ4n) is 3.31. The minimum absolute atomic E-state index is 0.0665. The van der Waals surface area contributed by atoms with Crippen molar-refractivity contribution in [1.29, 1.82) is 0 Å². The number of piperazine rings is 1. The van der Waals surface area contributed by atoms with Crippen molar-refractivity contribution in [3.63, 3.8) is 0 Å². The molecule has 0 unspecified atom stereocenters. The van der Waals surface area contributed by atoms with Crippen LogP contribution in [-0.4, -0.2) is 70.2 Å². The van der Waals surface area contributed by atoms with Crippen LogP contribution in [0, 0.1) is 0 Å². The lowest BCUT2D eigenvalue weighted by Gasteiger charge is -2.35. The summed E-state index contributed by atoms with van der Waals surface area (Å²) in [5.41, 5.74) is 0.394. The van der Waals surface area contributed by atoms with E-state index in [2.05, 4.69) is 30.0 Å². The largest absolute Gasteiger partial charge is 0.355 e. The van der Waals surface area contributed by atoms with E-state index in [9.17, 15) is 4.79 Å². The quantitative estimate of drug-likeness (QED) is 0.819. The molecule has 0 aromatic carbocycles. The van der Waals surface area contributed by atoms with Crippen LogP contribution in [-0.2, 0) is 0 Å². The van der Waals surface area contributed by atoms with Gasteiger partial charge in [0.2, 0.25) is 0 Å². The molecule has 0 N–H and O–H groups in total. The molecule has 0 bridgehead atoms. The minimum atomic E-state index is -0.0665. The zero-order chi connectivity index (χ0) is 17.1. The number of hydrogen-bond donors (Lipinski definition) is 0. The highest BCUT2D eigenvalue weighted by molar-refractivity contribution is 5.92. The van der Waals surface area contributed by atoms with Gasteiger partial charge in [0.15, 0.2) is 11.6 Å². The first-order valence-corrected chi connectivity index (χ1v) is 8.70. The van der Waals surface area contributed by atoms with Gasteiger partial charge in [0.25, 0.3) is 5.91 Å². The van der Waals surface area contributed by atoms with Gasteiger partial charge in [-0.1, -0.05) is 0 Å². The Morgan fingerprint density at radius 3 is 2.04 bits per heavy atom. The summed E-state index contributed by atoms with van der Waals surface area (Å²) >= 11 is 0. The van der Waals surface area contributed by atoms with E-state index in [0.717, 1.165) is 37.8 Å². The van der Waals surface area contributed by atoms with Crippen molar-refractivity contribution >= 4 is 17.5 Å². The molecule has 0 atom stereocenters. The maximum Gasteiger partial charge on any atom is 0.274 e. The van der Waals surface area contributed by atoms with E-state index in [4.69, 9.17) is 0 Å². The Bertz CT molecular complexity index is 708. The van der Waals surface area contributed by atoms with Crippen molar-refractivity contribution in [3.05, 3.63) is 36.4 Å². The van der Waals surface area contributed by atoms with Crippen LogP contribution in [0.1, 0.15) is 23.3 Å². The Hall–Kier alpha value is -2.77. The topological polar surface area (TPSA) is 78.4 Å². The van der Waals surface area contributed by atoms with Crippen molar-refractivity contribution in [2.24, 2.45) is 0 Å². The molecule has 4 rings (SSSR count). The first kappa shape index (κ1) is 15.7. The lowest BCUT2D eigenvalue weighted by molar-refractivity contribution is 0.0740. The molecule has 4 heterocycles. The molecule has 2 saturated heterocycles. The van der Waals surface area contributed by atoms with E-state index >= 15 is 0 Å². The maximum absolute atomic E-state index is 12.4. The number of rotatable bonds is 3. The van der Waals surface area contributed by atoms with E-state index < -0.39 is 0 Å². The van der Waals surface area contributed by atoms with Crippen LogP contribution in [0.15, 0.2) is 30.7 Å². The van der Waals surface area contributed by atoms with Crippen molar-refractivity contribution in [3.8, 4) is 0 Å². The molecule has 2 aromatic rings. The number of anilines is 2. The van der Waals surface area contributed by atoms with Crippen molar-refractivity contribution in [2.75, 3.05) is 49.1 Å². The third-order valence-electron chi connectivity index (χ3n) is 4.74. The lowest BCUT2D eigenvalue weighted by Crippen LogP contribution is -2.49. The minimum Gasteiger partial charge on any atom is -0.355 e. The van der Waals surface area contributed by atoms with Gasteiger partial charge in [0, 0.05) is 51.7 Å². The fourth-order valence-corrected chi connectivity index (χ4v) is 3.31. The Labute approximate surface area is 146 Å². The molecule has 2 fully saturated rings. The molecule has 0 saturated carbocycles. The van der Waals surface area contributed by atoms with Gasteiger partial charge >= 0.3 is 0 Å². The average molecular weight is 339 g/mol. The van der Waals surface area contributed by atoms with Crippen LogP contribution in [0.25, 0.3) is 0 Å². The second-order valence-electron chi connectivity index (χ2n) is 6.31. The Balaban J connectivity index is 1.36. The molecule has 8 heteroatoms. The van der Waals surface area contributed by atoms with Gasteiger partial charge in [0.05, 0.1) is 6.20 Å². The van der Waals surface area contributed by atoms with Crippen LogP contribution in [0.2, 0.25) is 0 Å². The standard InChI is InChI=1S/C17H21N7O/c25-17(14-13-18-5-6-19-14)24-11-9-23(10-12-24)16-4-3-15(20-21-16)22-7-1-2-8-22/h3-6,13H,1-2,7-12H2. The molecule has 0 spiro atoms. The number of carbonyl (C=O) groups excluding carboxylic acids is 1. The second-order valence-corrected chi connectivity index (χ2v) is 6.31. The average Bonchev–Trinajstić information content (AvgIpc) is 3.23. The summed E-state index contributed by atoms with van der Waals surface area (Å²) in [7, 11) is 0. The summed E-state index contributed by atoms with van der Waals surface area (Å²) in [5, 5.41) is 8.76. The SMILES string of the molecule is O=C(c1cnccn1)N1CCN(c2ccc(N3CCCC3)nn2)CC1. The third kappa shape index (κ3) is 3.38. The Morgan fingerprint density at radius 2 is 1.48 bits per heavy atom. The summed E-state index contributed by atoms with van der Waals surface area (Å²) < 4.78 is 0. The predicted molar refractivity (Wildman–Crippen MR) is 93.6 cm³/mol. The van der Waals surface area contributed by atoms with Crippen molar-refractivity contribution in [1.82, 2.24) is 25.1 Å². The van der Waals surface area contributed by atoms with E-state index in [1.54, 1.807) is 12.4 Å². The van der Waals surface area contributed by atoms with Gasteiger partial charge in [-0.2, -0.15) is 0 Å². The molecule has 2 aromatic heterocycles. The van der Waals surface area contributed by atoms with E-state index in [1.165, 1.54) is 19.0 Å². The molecule has 0 aliphatic carbocycles. The van der Waals surface area contributed by atoms with Crippen molar-refractivity contribution in [2.45, 2.75) is 12.8 Å². The van der Waals surface area contributed by atoms with E-state index in [-0.39, 0.29) is 5.91 Å². The van der Waals surface area contributed by atoms with Gasteiger partial charge in [-0.25, -0.2) is 4.98 Å². The molecule has 1 amide bonds. The Kier molecular flexibility index (Phi) is 4.41. The van der Waals surface area contributed by atoms with E-state index in [0.29, 0.717) is 18.8 Å². The number of carbonyl (C=O) groups is 1. The zero-order valence-electron chi connectivity index (χ0n) is 14.1. The van der Waals surface area contributed by atoms with E-state index in [1.807, 2.05) is 17.0 Å². The first-order chi connectivity index (χ1) is 12.3. The molecular formula is C17H21N7O. The molecule has 25 heavy (non-hydrogen) atoms. The van der Waals surface area contributed by atoms with Gasteiger partial charge in [-0.05, 0) is 25.0 Å². The summed E-state index contributed by atoms with van der Waals surface area (Å²) in [6, 6.07) is 4.07. The van der Waals surface area contributed by atoms with Crippen LogP contribution < -0.4 is 9.80 Å². The lowest BCUT2D eigenvalue weighted by atomic mass is 10.2. The summed E-state index contributed by atoms with van der Waals surface area (Å²) in [5.74, 6) is 1.76. The molecule has 8 nitrogen and oxygen atoms in total. The number of aromatic nitrogens is 4. The van der Waals surface area contributed by atoms with Gasteiger partial charge in [0.1, 0.15) is 5.69 Å². The van der Waals surface area contributed by atoms with Gasteiger partial charge in [-0.15, -0.1) is 10.2 Å². The molecule has 2 aliphatic rings. The molecule has 2 aliphatic heterocycles. The highest BCUT2D eigenvalue weighted by Gasteiger charge is 2.24. The highest BCUT2D eigenvalue weighted by atomic mass is 16.2. The van der Waals surface area contributed by atoms with Crippen LogP contribution in [0.4, 0.5) is 11.6 Å². The highest BCUT2D eigenvalue weighted by Crippen LogP contribution is 2.20. The summed E-state index contributed by atoms with van der Waals surface area (Å²) in [6.07, 6.45) is 7.08. The monoisotopic (exact) mass is 339 g/mol. The second kappa shape index (κ2) is 7.00. The first-order valence-electron chi connectivity index (χ1n) is 8.70. The molecule has 130 valence electrons. The zero-order valence-corrected chi connectivity index (χ0v) is 14.1. The normalized spacial score (nSPS) is 17.8. The summed E-state index contributed by atoms with van der Waals surface area (Å²) in [4.78, 5) is 26.7. The number of amides is 1. The third-order valence-corrected chi connectivity index (χ3v) is 4.74. The van der Waals surface area contributed by atoms with Crippen LogP contribution in [0.5, 0.6) is 0 Å². The number of hydrogen-bond acceptors (Lipinski definition) is 7.